The van der Waals surface area contributed by atoms with E-state index in [1.54, 1.807) is 30.6 Å². The van der Waals surface area contributed by atoms with Gasteiger partial charge in [-0.2, -0.15) is 11.3 Å². The summed E-state index contributed by atoms with van der Waals surface area (Å²) in [6, 6.07) is -1.41. The molecular formula is C45H49BN2S2. The Kier molecular flexibility index (Phi) is 4.78. The minimum Gasteiger partial charge on any atom is -0.310 e. The Morgan fingerprint density at radius 1 is 0.560 bits per heavy atom. The molecule has 50 heavy (non-hydrogen) atoms. The molecule has 8 rings (SSSR count). The normalized spacial score (nSPS) is 17.9. The maximum absolute atomic E-state index is 9.98. The van der Waals surface area contributed by atoms with Gasteiger partial charge < -0.3 is 9.80 Å². The molecule has 0 saturated carbocycles. The molecule has 0 spiro atoms. The van der Waals surface area contributed by atoms with E-state index in [0.29, 0.717) is 58.6 Å². The first-order valence-corrected chi connectivity index (χ1v) is 18.7. The first kappa shape index (κ1) is 21.5. The number of thiophene rings is 2. The lowest BCUT2D eigenvalue weighted by molar-refractivity contribution is 0.589. The largest absolute Gasteiger partial charge is 0.310 e. The van der Waals surface area contributed by atoms with Crippen molar-refractivity contribution in [2.75, 3.05) is 9.80 Å². The molecular weight excluding hydrogens is 643 g/mol. The molecule has 0 radical (unpaired) electrons. The van der Waals surface area contributed by atoms with Gasteiger partial charge in [-0.15, -0.1) is 11.3 Å². The van der Waals surface area contributed by atoms with E-state index >= 15 is 0 Å². The smallest absolute Gasteiger partial charge is 0.277 e. The molecule has 0 bridgehead atoms. The molecule has 0 atom stereocenters. The zero-order valence-electron chi connectivity index (χ0n) is 43.8. The van der Waals surface area contributed by atoms with Crippen molar-refractivity contribution in [2.24, 2.45) is 0 Å². The average molecular weight is 706 g/mol. The predicted octanol–water partition coefficient (Wildman–Crippen LogP) is 11.9. The van der Waals surface area contributed by atoms with Crippen molar-refractivity contribution in [2.45, 2.75) is 99.3 Å². The predicted molar refractivity (Wildman–Crippen MR) is 224 cm³/mol. The van der Waals surface area contributed by atoms with Gasteiger partial charge in [-0.3, -0.25) is 0 Å². The van der Waals surface area contributed by atoms with Crippen LogP contribution in [0.1, 0.15) is 114 Å². The summed E-state index contributed by atoms with van der Waals surface area (Å²) in [5.41, 5.74) is 1.23. The van der Waals surface area contributed by atoms with Crippen molar-refractivity contribution < 1.29 is 17.8 Å². The first-order valence-electron chi connectivity index (χ1n) is 23.5. The third-order valence-corrected chi connectivity index (χ3v) is 11.5. The molecule has 2 aliphatic heterocycles. The van der Waals surface area contributed by atoms with Crippen molar-refractivity contribution in [1.82, 2.24) is 0 Å². The number of fused-ring (bicyclic) bond motifs is 6. The van der Waals surface area contributed by atoms with Crippen molar-refractivity contribution in [3.05, 3.63) is 111 Å². The van der Waals surface area contributed by atoms with Crippen LogP contribution in [0.25, 0.3) is 10.1 Å². The highest BCUT2D eigenvalue weighted by molar-refractivity contribution is 7.38. The van der Waals surface area contributed by atoms with Crippen LogP contribution in [-0.2, 0) is 16.2 Å². The van der Waals surface area contributed by atoms with Gasteiger partial charge in [-0.25, -0.2) is 0 Å². The standard InChI is InChI=1S/C45H49BN2S2/c1-26-21-36-39-37(22-26)48(34-17-14-30(24-28(34)3)44(7,8)9)40-32-25-31(45(10,11)12)15-18-38(32)50-42(40)46(39)41-35(19-20-49-41)47(36)33-16-13-29(23-27(33)2)43(4,5)6/h13-25H,1-12H3/i13D,14D,15D,16D,17D,18D,19D,20D,21D,22D,23D,24D,25D. The molecule has 0 fully saturated rings. The van der Waals surface area contributed by atoms with Gasteiger partial charge in [0.05, 0.1) is 29.2 Å². The first-order chi connectivity index (χ1) is 28.9. The van der Waals surface area contributed by atoms with E-state index in [9.17, 15) is 16.4 Å². The van der Waals surface area contributed by atoms with E-state index < -0.39 is 23.0 Å². The SMILES string of the molecule is [2H]c1sc2c(c1[2H])N(c1c([2H])c([2H])c(C(C)(C)C)c([2H])c1C)c1c([2H])c(C)c([2H])c3c1B2c1sc2c([2H])c([2H])c(C(C)(C)C)c([2H])c2c1N3c1c([2H])c([2H])c(C(C)(C)C)c([2H])c1C. The maximum Gasteiger partial charge on any atom is 0.277 e. The van der Waals surface area contributed by atoms with Crippen molar-refractivity contribution in [1.29, 1.82) is 0 Å². The Labute approximate surface area is 326 Å². The van der Waals surface area contributed by atoms with Crippen LogP contribution >= 0.6 is 22.7 Å². The lowest BCUT2D eigenvalue weighted by Gasteiger charge is -2.43. The molecule has 0 unspecified atom stereocenters. The van der Waals surface area contributed by atoms with Crippen LogP contribution in [0.2, 0.25) is 0 Å². The van der Waals surface area contributed by atoms with E-state index in [1.165, 1.54) is 11.3 Å². The van der Waals surface area contributed by atoms with Crippen molar-refractivity contribution in [3.63, 3.8) is 0 Å². The number of anilines is 6. The quantitative estimate of drug-likeness (QED) is 0.165. The van der Waals surface area contributed by atoms with Gasteiger partial charge in [0, 0.05) is 42.4 Å². The molecule has 4 aromatic carbocycles. The highest BCUT2D eigenvalue weighted by Crippen LogP contribution is 2.50. The van der Waals surface area contributed by atoms with Crippen LogP contribution in [0.3, 0.4) is 0 Å². The van der Waals surface area contributed by atoms with Gasteiger partial charge in [0.1, 0.15) is 0 Å². The third kappa shape index (κ3) is 5.10. The van der Waals surface area contributed by atoms with Gasteiger partial charge in [-0.1, -0.05) is 92.5 Å². The monoisotopic (exact) mass is 705 g/mol. The summed E-state index contributed by atoms with van der Waals surface area (Å²) < 4.78 is 125. The number of benzene rings is 4. The number of hydrogen-bond donors (Lipinski definition) is 0. The molecule has 4 heterocycles. The molecule has 2 nitrogen and oxygen atoms in total. The Hall–Kier alpha value is -3.80. The molecule has 0 saturated heterocycles. The summed E-state index contributed by atoms with van der Waals surface area (Å²) >= 11 is 2.19. The highest BCUT2D eigenvalue weighted by Gasteiger charge is 2.46. The summed E-state index contributed by atoms with van der Waals surface area (Å²) in [4.78, 5) is 3.22. The zero-order valence-corrected chi connectivity index (χ0v) is 32.4. The zero-order chi connectivity index (χ0) is 47.0. The van der Waals surface area contributed by atoms with E-state index in [4.69, 9.17) is 1.37 Å². The Morgan fingerprint density at radius 3 is 1.66 bits per heavy atom. The number of nitrogens with zero attached hydrogens (tertiary/aromatic N) is 2. The summed E-state index contributed by atoms with van der Waals surface area (Å²) in [6.07, 6.45) is 0. The minimum absolute atomic E-state index is 0.0108. The lowest BCUT2D eigenvalue weighted by Crippen LogP contribution is -2.59. The average Bonchev–Trinajstić information content (AvgIpc) is 3.70. The second kappa shape index (κ2) is 11.1. The molecule has 254 valence electrons. The van der Waals surface area contributed by atoms with E-state index in [2.05, 4.69) is 0 Å². The molecule has 6 aromatic rings. The fourth-order valence-electron chi connectivity index (χ4n) is 6.81. The van der Waals surface area contributed by atoms with Crippen molar-refractivity contribution >= 4 is 88.6 Å². The van der Waals surface area contributed by atoms with Crippen LogP contribution in [-0.4, -0.2) is 6.71 Å². The molecule has 0 aliphatic carbocycles. The fraction of sp³-hybridized carbons (Fsp3) is 0.333. The van der Waals surface area contributed by atoms with Crippen LogP contribution in [0, 0.1) is 20.8 Å². The van der Waals surface area contributed by atoms with Crippen molar-refractivity contribution in [3.8, 4) is 0 Å². The van der Waals surface area contributed by atoms with Crippen LogP contribution in [0.4, 0.5) is 34.1 Å². The van der Waals surface area contributed by atoms with Gasteiger partial charge in [0.25, 0.3) is 6.71 Å². The number of rotatable bonds is 2. The minimum atomic E-state index is -0.901. The third-order valence-electron chi connectivity index (χ3n) is 9.50. The summed E-state index contributed by atoms with van der Waals surface area (Å²) in [7, 11) is 0. The topological polar surface area (TPSA) is 6.48 Å². The summed E-state index contributed by atoms with van der Waals surface area (Å²) in [5.74, 6) is 0. The highest BCUT2D eigenvalue weighted by atomic mass is 32.1. The molecule has 2 aromatic heterocycles. The number of hydrogen-bond acceptors (Lipinski definition) is 4. The second-order valence-electron chi connectivity index (χ2n) is 16.6. The van der Waals surface area contributed by atoms with E-state index in [0.717, 1.165) is 11.3 Å². The Bertz CT molecular complexity index is 3000. The summed E-state index contributed by atoms with van der Waals surface area (Å²) in [6.45, 7) is 21.0. The molecule has 0 amide bonds. The second-order valence-corrected chi connectivity index (χ2v) is 18.5. The van der Waals surface area contributed by atoms with Crippen LogP contribution < -0.4 is 24.8 Å². The van der Waals surface area contributed by atoms with Crippen LogP contribution in [0.15, 0.2) is 77.9 Å². The summed E-state index contributed by atoms with van der Waals surface area (Å²) in [5, 5.41) is 0.187. The Balaban J connectivity index is 1.66. The molecule has 2 aliphatic rings. The Morgan fingerprint density at radius 2 is 1.08 bits per heavy atom. The van der Waals surface area contributed by atoms with Gasteiger partial charge in [0.15, 0.2) is 0 Å². The van der Waals surface area contributed by atoms with Gasteiger partial charge >= 0.3 is 0 Å². The van der Waals surface area contributed by atoms with E-state index in [1.807, 2.05) is 62.3 Å². The van der Waals surface area contributed by atoms with Crippen LogP contribution in [0.5, 0.6) is 0 Å². The molecule has 5 heteroatoms. The lowest BCUT2D eigenvalue weighted by atomic mass is 9.39. The van der Waals surface area contributed by atoms with Gasteiger partial charge in [-0.05, 0) is 124 Å². The van der Waals surface area contributed by atoms with E-state index in [-0.39, 0.29) is 112 Å². The molecule has 0 N–H and O–H groups in total. The van der Waals surface area contributed by atoms with Gasteiger partial charge in [0.2, 0.25) is 0 Å². The maximum atomic E-state index is 9.98. The fourth-order valence-corrected chi connectivity index (χ4v) is 8.95.